The molecule has 0 fully saturated rings. The molecule has 1 aromatic carbocycles. The maximum Gasteiger partial charge on any atom is 0.0544 e. The standard InChI is InChI=1S/C15H17BrN2/c1-12-3-5-13(6-4-12)10-18(2)11-15-8-7-14(16)9-17-15/h3-9H,10-11H2,1-2H3. The van der Waals surface area contributed by atoms with E-state index in [1.807, 2.05) is 12.3 Å². The van der Waals surface area contributed by atoms with Gasteiger partial charge in [-0.25, -0.2) is 0 Å². The van der Waals surface area contributed by atoms with E-state index in [1.165, 1.54) is 11.1 Å². The Kier molecular flexibility index (Phi) is 4.50. The molecule has 2 nitrogen and oxygen atoms in total. The Bertz CT molecular complexity index is 443. The highest BCUT2D eigenvalue weighted by Crippen LogP contribution is 2.11. The maximum absolute atomic E-state index is 4.39. The minimum absolute atomic E-state index is 0.862. The van der Waals surface area contributed by atoms with Crippen LogP contribution in [0.5, 0.6) is 0 Å². The van der Waals surface area contributed by atoms with Gasteiger partial charge in [0, 0.05) is 23.8 Å². The summed E-state index contributed by atoms with van der Waals surface area (Å²) in [5.41, 5.74) is 3.73. The van der Waals surface area contributed by atoms with Gasteiger partial charge in [0.2, 0.25) is 0 Å². The third kappa shape index (κ3) is 3.93. The summed E-state index contributed by atoms with van der Waals surface area (Å²) in [6.45, 7) is 3.92. The molecule has 0 aliphatic heterocycles. The summed E-state index contributed by atoms with van der Waals surface area (Å²) in [7, 11) is 2.11. The molecular weight excluding hydrogens is 288 g/mol. The van der Waals surface area contributed by atoms with Gasteiger partial charge in [0.1, 0.15) is 0 Å². The second-order valence-corrected chi connectivity index (χ2v) is 5.54. The molecule has 0 saturated carbocycles. The van der Waals surface area contributed by atoms with Gasteiger partial charge in [-0.15, -0.1) is 0 Å². The van der Waals surface area contributed by atoms with Crippen LogP contribution in [0.4, 0.5) is 0 Å². The molecule has 2 rings (SSSR count). The molecule has 0 atom stereocenters. The summed E-state index contributed by atoms with van der Waals surface area (Å²) >= 11 is 3.40. The molecule has 2 aromatic rings. The Balaban J connectivity index is 1.94. The van der Waals surface area contributed by atoms with Crippen LogP contribution >= 0.6 is 15.9 Å². The Labute approximate surface area is 117 Å². The van der Waals surface area contributed by atoms with Gasteiger partial charge in [-0.2, -0.15) is 0 Å². The van der Waals surface area contributed by atoms with Gasteiger partial charge < -0.3 is 0 Å². The molecule has 3 heteroatoms. The van der Waals surface area contributed by atoms with Crippen molar-refractivity contribution in [1.82, 2.24) is 9.88 Å². The van der Waals surface area contributed by atoms with Gasteiger partial charge in [-0.3, -0.25) is 9.88 Å². The maximum atomic E-state index is 4.39. The van der Waals surface area contributed by atoms with Crippen LogP contribution in [0.15, 0.2) is 47.1 Å². The Morgan fingerprint density at radius 2 is 1.78 bits per heavy atom. The minimum Gasteiger partial charge on any atom is -0.296 e. The first-order chi connectivity index (χ1) is 8.63. The van der Waals surface area contributed by atoms with Crippen molar-refractivity contribution in [2.45, 2.75) is 20.0 Å². The lowest BCUT2D eigenvalue weighted by Crippen LogP contribution is -2.17. The number of nitrogens with zero attached hydrogens (tertiary/aromatic N) is 2. The Morgan fingerprint density at radius 1 is 1.06 bits per heavy atom. The monoisotopic (exact) mass is 304 g/mol. The first-order valence-corrected chi connectivity index (χ1v) is 6.77. The van der Waals surface area contributed by atoms with Crippen molar-refractivity contribution in [3.05, 3.63) is 63.9 Å². The van der Waals surface area contributed by atoms with E-state index in [1.54, 1.807) is 0 Å². The van der Waals surface area contributed by atoms with E-state index in [2.05, 4.69) is 70.1 Å². The molecule has 0 saturated heterocycles. The van der Waals surface area contributed by atoms with Crippen LogP contribution in [-0.2, 0) is 13.1 Å². The average Bonchev–Trinajstić information content (AvgIpc) is 2.35. The first-order valence-electron chi connectivity index (χ1n) is 5.98. The zero-order valence-electron chi connectivity index (χ0n) is 10.7. The zero-order valence-corrected chi connectivity index (χ0v) is 12.3. The molecule has 0 spiro atoms. The number of pyridine rings is 1. The van der Waals surface area contributed by atoms with Crippen molar-refractivity contribution in [1.29, 1.82) is 0 Å². The topological polar surface area (TPSA) is 16.1 Å². The van der Waals surface area contributed by atoms with Crippen LogP contribution < -0.4 is 0 Å². The summed E-state index contributed by atoms with van der Waals surface area (Å²) in [5, 5.41) is 0. The molecule has 0 aliphatic carbocycles. The van der Waals surface area contributed by atoms with E-state index in [9.17, 15) is 0 Å². The zero-order chi connectivity index (χ0) is 13.0. The van der Waals surface area contributed by atoms with Crippen LogP contribution in [-0.4, -0.2) is 16.9 Å². The van der Waals surface area contributed by atoms with E-state index in [0.717, 1.165) is 23.3 Å². The van der Waals surface area contributed by atoms with Crippen LogP contribution in [0.25, 0.3) is 0 Å². The van der Waals surface area contributed by atoms with Crippen molar-refractivity contribution >= 4 is 15.9 Å². The van der Waals surface area contributed by atoms with Crippen LogP contribution in [0.3, 0.4) is 0 Å². The quantitative estimate of drug-likeness (QED) is 0.854. The molecule has 0 bridgehead atoms. The molecule has 0 radical (unpaired) electrons. The molecule has 1 aromatic heterocycles. The predicted molar refractivity (Wildman–Crippen MR) is 78.3 cm³/mol. The first kappa shape index (κ1) is 13.2. The fraction of sp³-hybridized carbons (Fsp3) is 0.267. The fourth-order valence-corrected chi connectivity index (χ4v) is 2.07. The summed E-state index contributed by atoms with van der Waals surface area (Å²) < 4.78 is 1.02. The molecule has 0 unspecified atom stereocenters. The largest absolute Gasteiger partial charge is 0.296 e. The average molecular weight is 305 g/mol. The Morgan fingerprint density at radius 3 is 2.39 bits per heavy atom. The molecule has 0 aliphatic rings. The fourth-order valence-electron chi connectivity index (χ4n) is 1.84. The van der Waals surface area contributed by atoms with Crippen molar-refractivity contribution in [2.24, 2.45) is 0 Å². The van der Waals surface area contributed by atoms with E-state index in [4.69, 9.17) is 0 Å². The van der Waals surface area contributed by atoms with Gasteiger partial charge in [0.25, 0.3) is 0 Å². The summed E-state index contributed by atoms with van der Waals surface area (Å²) in [4.78, 5) is 6.65. The van der Waals surface area contributed by atoms with Crippen molar-refractivity contribution < 1.29 is 0 Å². The third-order valence-corrected chi connectivity index (χ3v) is 3.26. The van der Waals surface area contributed by atoms with E-state index in [0.29, 0.717) is 0 Å². The lowest BCUT2D eigenvalue weighted by atomic mass is 10.1. The molecular formula is C15H17BrN2. The van der Waals surface area contributed by atoms with Crippen molar-refractivity contribution in [3.8, 4) is 0 Å². The van der Waals surface area contributed by atoms with E-state index < -0.39 is 0 Å². The lowest BCUT2D eigenvalue weighted by molar-refractivity contribution is 0.315. The van der Waals surface area contributed by atoms with Crippen molar-refractivity contribution in [3.63, 3.8) is 0 Å². The second-order valence-electron chi connectivity index (χ2n) is 4.63. The van der Waals surface area contributed by atoms with Crippen LogP contribution in [0.1, 0.15) is 16.8 Å². The van der Waals surface area contributed by atoms with Crippen molar-refractivity contribution in [2.75, 3.05) is 7.05 Å². The van der Waals surface area contributed by atoms with E-state index >= 15 is 0 Å². The number of aromatic nitrogens is 1. The highest BCUT2D eigenvalue weighted by molar-refractivity contribution is 9.10. The SMILES string of the molecule is Cc1ccc(CN(C)Cc2ccc(Br)cn2)cc1. The number of hydrogen-bond donors (Lipinski definition) is 0. The Hall–Kier alpha value is -1.19. The number of hydrogen-bond acceptors (Lipinski definition) is 2. The third-order valence-electron chi connectivity index (χ3n) is 2.79. The molecule has 0 amide bonds. The predicted octanol–water partition coefficient (Wildman–Crippen LogP) is 3.78. The van der Waals surface area contributed by atoms with Crippen LogP contribution in [0.2, 0.25) is 0 Å². The molecule has 18 heavy (non-hydrogen) atoms. The lowest BCUT2D eigenvalue weighted by Gasteiger charge is -2.16. The van der Waals surface area contributed by atoms with Gasteiger partial charge in [-0.1, -0.05) is 29.8 Å². The second kappa shape index (κ2) is 6.12. The highest BCUT2D eigenvalue weighted by atomic mass is 79.9. The van der Waals surface area contributed by atoms with Gasteiger partial charge in [-0.05, 0) is 47.6 Å². The molecule has 1 heterocycles. The normalized spacial score (nSPS) is 10.9. The molecule has 0 N–H and O–H groups in total. The van der Waals surface area contributed by atoms with Gasteiger partial charge in [0.15, 0.2) is 0 Å². The number of aryl methyl sites for hydroxylation is 1. The number of benzene rings is 1. The smallest absolute Gasteiger partial charge is 0.0544 e. The van der Waals surface area contributed by atoms with Gasteiger partial charge >= 0.3 is 0 Å². The summed E-state index contributed by atoms with van der Waals surface area (Å²) in [6, 6.07) is 12.8. The molecule has 94 valence electrons. The highest BCUT2D eigenvalue weighted by Gasteiger charge is 2.02. The van der Waals surface area contributed by atoms with Gasteiger partial charge in [0.05, 0.1) is 5.69 Å². The van der Waals surface area contributed by atoms with Crippen LogP contribution in [0, 0.1) is 6.92 Å². The number of rotatable bonds is 4. The summed E-state index contributed by atoms with van der Waals surface area (Å²) in [5.74, 6) is 0. The van der Waals surface area contributed by atoms with E-state index in [-0.39, 0.29) is 0 Å². The summed E-state index contributed by atoms with van der Waals surface area (Å²) in [6.07, 6.45) is 1.84. The number of halogens is 1. The minimum atomic E-state index is 0.862.